The maximum Gasteiger partial charge on any atom is 0.418 e. The minimum atomic E-state index is -4.34. The predicted octanol–water partition coefficient (Wildman–Crippen LogP) is 6.19. The number of hydrogen-bond donors (Lipinski definition) is 1. The molecule has 3 aromatic rings. The number of alkyl halides is 3. The van der Waals surface area contributed by atoms with Crippen LogP contribution in [0.5, 0.6) is 0 Å². The fourth-order valence-corrected chi connectivity index (χ4v) is 2.35. The van der Waals surface area contributed by atoms with Crippen LogP contribution in [0.15, 0.2) is 72.8 Å². The molecule has 0 saturated heterocycles. The lowest BCUT2D eigenvalue weighted by Crippen LogP contribution is -2.09. The Balaban J connectivity index is 0.000000208. The van der Waals surface area contributed by atoms with Crippen LogP contribution in [0.3, 0.4) is 0 Å². The van der Waals surface area contributed by atoms with Crippen molar-refractivity contribution in [3.8, 4) is 0 Å². The van der Waals surface area contributed by atoms with Gasteiger partial charge in [-0.05, 0) is 48.9 Å². The summed E-state index contributed by atoms with van der Waals surface area (Å²) in [5.74, 6) is -0.166. The van der Waals surface area contributed by atoms with Gasteiger partial charge in [-0.25, -0.2) is 4.39 Å². The fourth-order valence-electron chi connectivity index (χ4n) is 2.35. The van der Waals surface area contributed by atoms with E-state index in [2.05, 4.69) is 0 Å². The zero-order chi connectivity index (χ0) is 20.0. The lowest BCUT2D eigenvalue weighted by atomic mass is 10.2. The first-order chi connectivity index (χ1) is 12.7. The quantitative estimate of drug-likeness (QED) is 0.427. The lowest BCUT2D eigenvalue weighted by molar-refractivity contribution is -0.136. The number of anilines is 3. The molecule has 0 unspecified atom stereocenters. The third-order valence-electron chi connectivity index (χ3n) is 3.95. The Morgan fingerprint density at radius 2 is 1.41 bits per heavy atom. The van der Waals surface area contributed by atoms with E-state index in [1.807, 2.05) is 48.3 Å². The fraction of sp³-hybridized carbons (Fsp3) is 0.143. The topological polar surface area (TPSA) is 29.3 Å². The number of hydrogen-bond acceptors (Lipinski definition) is 2. The van der Waals surface area contributed by atoms with Crippen LogP contribution >= 0.6 is 0 Å². The second kappa shape index (κ2) is 8.58. The molecule has 0 atom stereocenters. The standard InChI is InChI=1S/C14H14FN.C7H6F3N/c1-11-8-9-13(10-14(11)15)16(2)12-6-4-3-5-7-12;8-7(9,10)5-3-1-2-4-6(5)11/h3-10H,1-2H3;1-4H,11H2. The average Bonchev–Trinajstić information content (AvgIpc) is 2.64. The number of rotatable bonds is 2. The molecule has 27 heavy (non-hydrogen) atoms. The molecule has 0 aliphatic heterocycles. The van der Waals surface area contributed by atoms with Gasteiger partial charge in [-0.15, -0.1) is 0 Å². The van der Waals surface area contributed by atoms with Gasteiger partial charge < -0.3 is 10.6 Å². The van der Waals surface area contributed by atoms with E-state index in [0.29, 0.717) is 5.56 Å². The summed E-state index contributed by atoms with van der Waals surface area (Å²) in [6.07, 6.45) is -4.34. The number of benzene rings is 3. The van der Waals surface area contributed by atoms with Crippen LogP contribution in [-0.2, 0) is 6.18 Å². The summed E-state index contributed by atoms with van der Waals surface area (Å²) in [7, 11) is 1.93. The van der Waals surface area contributed by atoms with Crippen molar-refractivity contribution in [3.63, 3.8) is 0 Å². The molecule has 0 fully saturated rings. The van der Waals surface area contributed by atoms with Gasteiger partial charge in [0.1, 0.15) is 5.82 Å². The van der Waals surface area contributed by atoms with Gasteiger partial charge in [0, 0.05) is 24.1 Å². The Kier molecular flexibility index (Phi) is 6.45. The summed E-state index contributed by atoms with van der Waals surface area (Å²) in [4.78, 5) is 1.96. The molecular formula is C21H20F4N2. The van der Waals surface area contributed by atoms with Crippen molar-refractivity contribution < 1.29 is 17.6 Å². The first-order valence-corrected chi connectivity index (χ1v) is 8.17. The molecule has 0 aromatic heterocycles. The van der Waals surface area contributed by atoms with E-state index in [9.17, 15) is 17.6 Å². The zero-order valence-corrected chi connectivity index (χ0v) is 15.0. The summed E-state index contributed by atoms with van der Waals surface area (Å²) in [5.41, 5.74) is 6.65. The summed E-state index contributed by atoms with van der Waals surface area (Å²) < 4.78 is 49.3. The number of nitrogen functional groups attached to an aromatic ring is 1. The van der Waals surface area contributed by atoms with Crippen molar-refractivity contribution in [1.82, 2.24) is 0 Å². The van der Waals surface area contributed by atoms with E-state index in [4.69, 9.17) is 5.73 Å². The molecule has 6 heteroatoms. The number of aryl methyl sites for hydroxylation is 1. The molecule has 0 aliphatic carbocycles. The smallest absolute Gasteiger partial charge is 0.398 e. The van der Waals surface area contributed by atoms with E-state index in [1.165, 1.54) is 18.2 Å². The van der Waals surface area contributed by atoms with E-state index in [-0.39, 0.29) is 11.5 Å². The van der Waals surface area contributed by atoms with E-state index >= 15 is 0 Å². The summed E-state index contributed by atoms with van der Waals surface area (Å²) >= 11 is 0. The molecule has 0 bridgehead atoms. The Morgan fingerprint density at radius 3 is 1.93 bits per heavy atom. The van der Waals surface area contributed by atoms with Gasteiger partial charge in [0.05, 0.1) is 5.56 Å². The van der Waals surface area contributed by atoms with Gasteiger partial charge in [0.2, 0.25) is 0 Å². The van der Waals surface area contributed by atoms with Crippen LogP contribution in [0.1, 0.15) is 11.1 Å². The van der Waals surface area contributed by atoms with Gasteiger partial charge in [-0.2, -0.15) is 13.2 Å². The van der Waals surface area contributed by atoms with Crippen LogP contribution in [-0.4, -0.2) is 7.05 Å². The second-order valence-electron chi connectivity index (χ2n) is 5.91. The monoisotopic (exact) mass is 376 g/mol. The Bertz CT molecular complexity index is 877. The number of halogens is 4. The van der Waals surface area contributed by atoms with Crippen LogP contribution in [0.4, 0.5) is 34.6 Å². The molecule has 0 radical (unpaired) electrons. The van der Waals surface area contributed by atoms with Crippen molar-refractivity contribution in [2.75, 3.05) is 17.7 Å². The molecule has 0 spiro atoms. The molecule has 0 saturated carbocycles. The third-order valence-corrected chi connectivity index (χ3v) is 3.95. The average molecular weight is 376 g/mol. The molecule has 142 valence electrons. The minimum Gasteiger partial charge on any atom is -0.398 e. The van der Waals surface area contributed by atoms with Crippen LogP contribution in [0.25, 0.3) is 0 Å². The molecule has 3 aromatic carbocycles. The lowest BCUT2D eigenvalue weighted by Gasteiger charge is -2.19. The normalized spacial score (nSPS) is 10.7. The summed E-state index contributed by atoms with van der Waals surface area (Å²) in [6.45, 7) is 1.77. The van der Waals surface area contributed by atoms with Gasteiger partial charge in [0.25, 0.3) is 0 Å². The zero-order valence-electron chi connectivity index (χ0n) is 15.0. The molecular weight excluding hydrogens is 356 g/mol. The van der Waals surface area contributed by atoms with E-state index in [1.54, 1.807) is 19.1 Å². The molecule has 0 aliphatic rings. The van der Waals surface area contributed by atoms with Crippen molar-refractivity contribution >= 4 is 17.1 Å². The molecule has 2 N–H and O–H groups in total. The van der Waals surface area contributed by atoms with Crippen molar-refractivity contribution in [3.05, 3.63) is 89.7 Å². The largest absolute Gasteiger partial charge is 0.418 e. The molecule has 0 heterocycles. The first kappa shape index (κ1) is 20.3. The third kappa shape index (κ3) is 5.48. The number of para-hydroxylation sites is 2. The van der Waals surface area contributed by atoms with E-state index in [0.717, 1.165) is 17.4 Å². The molecule has 2 nitrogen and oxygen atoms in total. The maximum absolute atomic E-state index is 13.4. The molecule has 3 rings (SSSR count). The predicted molar refractivity (Wildman–Crippen MR) is 101 cm³/mol. The van der Waals surface area contributed by atoms with Gasteiger partial charge in [-0.1, -0.05) is 36.4 Å². The Labute approximate surface area is 155 Å². The van der Waals surface area contributed by atoms with Crippen LogP contribution < -0.4 is 10.6 Å². The van der Waals surface area contributed by atoms with Gasteiger partial charge in [-0.3, -0.25) is 0 Å². The Morgan fingerprint density at radius 1 is 0.815 bits per heavy atom. The van der Waals surface area contributed by atoms with E-state index < -0.39 is 11.7 Å². The maximum atomic E-state index is 13.4. The first-order valence-electron chi connectivity index (χ1n) is 8.17. The second-order valence-corrected chi connectivity index (χ2v) is 5.91. The van der Waals surface area contributed by atoms with Crippen molar-refractivity contribution in [2.45, 2.75) is 13.1 Å². The number of nitrogens with two attached hydrogens (primary N) is 1. The number of nitrogens with zero attached hydrogens (tertiary/aromatic N) is 1. The summed E-state index contributed by atoms with van der Waals surface area (Å²) in [6, 6.07) is 20.1. The van der Waals surface area contributed by atoms with Crippen LogP contribution in [0, 0.1) is 12.7 Å². The Hall–Kier alpha value is -3.02. The van der Waals surface area contributed by atoms with Gasteiger partial charge in [0.15, 0.2) is 0 Å². The van der Waals surface area contributed by atoms with Crippen LogP contribution in [0.2, 0.25) is 0 Å². The highest BCUT2D eigenvalue weighted by atomic mass is 19.4. The molecule has 0 amide bonds. The van der Waals surface area contributed by atoms with Gasteiger partial charge >= 0.3 is 6.18 Å². The SMILES string of the molecule is Cc1ccc(N(C)c2ccccc2)cc1F.Nc1ccccc1C(F)(F)F. The van der Waals surface area contributed by atoms with Crippen molar-refractivity contribution in [2.24, 2.45) is 0 Å². The van der Waals surface area contributed by atoms with Crippen molar-refractivity contribution in [1.29, 1.82) is 0 Å². The highest BCUT2D eigenvalue weighted by Gasteiger charge is 2.32. The minimum absolute atomic E-state index is 0.166. The highest BCUT2D eigenvalue weighted by Crippen LogP contribution is 2.32. The highest BCUT2D eigenvalue weighted by molar-refractivity contribution is 5.62. The summed E-state index contributed by atoms with van der Waals surface area (Å²) in [5, 5.41) is 0.